The molecule has 15 N–H and O–H groups in total. The van der Waals surface area contributed by atoms with Gasteiger partial charge in [-0.15, -0.1) is 0 Å². The van der Waals surface area contributed by atoms with Crippen molar-refractivity contribution in [1.82, 2.24) is 36.5 Å². The third-order valence-electron chi connectivity index (χ3n) is 11.5. The monoisotopic (exact) mass is 920 g/mol. The molecule has 22 heteroatoms. The Kier molecular flexibility index (Phi) is 18.5. The van der Waals surface area contributed by atoms with Gasteiger partial charge in [-0.1, -0.05) is 50.6 Å². The minimum atomic E-state index is -1.78. The van der Waals surface area contributed by atoms with Crippen LogP contribution in [0.5, 0.6) is 5.75 Å². The normalized spacial score (nSPS) is 17.2. The topological polar surface area (TPSA) is 372 Å². The highest BCUT2D eigenvalue weighted by Gasteiger charge is 2.39. The number of H-pyrrole nitrogens is 1. The maximum absolute atomic E-state index is 14.3. The molecule has 1 fully saturated rings. The average Bonchev–Trinajstić information content (AvgIpc) is 3.94. The second-order valence-electron chi connectivity index (χ2n) is 16.5. The van der Waals surface area contributed by atoms with Crippen molar-refractivity contribution in [3.63, 3.8) is 0 Å². The zero-order valence-electron chi connectivity index (χ0n) is 37.0. The molecular weight excluding hydrogens is 861 g/mol. The van der Waals surface area contributed by atoms with Crippen molar-refractivity contribution in [2.24, 2.45) is 23.1 Å². The molecule has 1 aliphatic rings. The number of hydrogen-bond donors (Lipinski definition) is 12. The van der Waals surface area contributed by atoms with Crippen LogP contribution in [0.3, 0.4) is 0 Å². The second-order valence-corrected chi connectivity index (χ2v) is 16.5. The summed E-state index contributed by atoms with van der Waals surface area (Å²) in [4.78, 5) is 124. The number of para-hydroxylation sites is 1. The van der Waals surface area contributed by atoms with Crippen LogP contribution in [0.1, 0.15) is 70.4 Å². The molecular formula is C44H60N10O12. The van der Waals surface area contributed by atoms with E-state index in [1.807, 2.05) is 0 Å². The predicted molar refractivity (Wildman–Crippen MR) is 237 cm³/mol. The van der Waals surface area contributed by atoms with Crippen LogP contribution in [0.15, 0.2) is 54.7 Å². The Bertz CT molecular complexity index is 2250. The molecule has 2 heterocycles. The quantitative estimate of drug-likeness (QED) is 0.0466. The molecule has 1 aromatic heterocycles. The Morgan fingerprint density at radius 1 is 0.788 bits per heavy atom. The third-order valence-corrected chi connectivity index (χ3v) is 11.5. The van der Waals surface area contributed by atoms with Gasteiger partial charge in [0.15, 0.2) is 0 Å². The van der Waals surface area contributed by atoms with E-state index in [1.165, 1.54) is 24.0 Å². The lowest BCUT2D eigenvalue weighted by Gasteiger charge is -2.31. The molecule has 0 unspecified atom stereocenters. The number of carboxylic acids is 1. The number of primary amides is 2. The molecule has 0 bridgehead atoms. The molecule has 0 radical (unpaired) electrons. The maximum Gasteiger partial charge on any atom is 0.305 e. The smallest absolute Gasteiger partial charge is 0.305 e. The fourth-order valence-electron chi connectivity index (χ4n) is 7.51. The molecule has 0 saturated carbocycles. The molecule has 358 valence electrons. The first-order valence-electron chi connectivity index (χ1n) is 21.6. The van der Waals surface area contributed by atoms with E-state index in [-0.39, 0.29) is 31.6 Å². The lowest BCUT2D eigenvalue weighted by atomic mass is 9.96. The number of rotatable bonds is 24. The Hall–Kier alpha value is -7.07. The van der Waals surface area contributed by atoms with Crippen LogP contribution >= 0.6 is 0 Å². The predicted octanol–water partition coefficient (Wildman–Crippen LogP) is -1.95. The summed E-state index contributed by atoms with van der Waals surface area (Å²) >= 11 is 0. The summed E-state index contributed by atoms with van der Waals surface area (Å²) in [7, 11) is 0. The number of aromatic nitrogens is 1. The number of benzene rings is 2. The summed E-state index contributed by atoms with van der Waals surface area (Å²) < 4.78 is 0. The lowest BCUT2D eigenvalue weighted by molar-refractivity contribution is -0.141. The molecule has 1 saturated heterocycles. The zero-order chi connectivity index (χ0) is 48.8. The van der Waals surface area contributed by atoms with Gasteiger partial charge in [-0.05, 0) is 61.4 Å². The van der Waals surface area contributed by atoms with E-state index in [1.54, 1.807) is 56.4 Å². The highest BCUT2D eigenvalue weighted by atomic mass is 16.4. The van der Waals surface area contributed by atoms with Crippen LogP contribution in [0.2, 0.25) is 0 Å². The third kappa shape index (κ3) is 14.2. The van der Waals surface area contributed by atoms with Crippen molar-refractivity contribution < 1.29 is 58.5 Å². The lowest BCUT2D eigenvalue weighted by Crippen LogP contribution is -2.61. The molecule has 8 amide bonds. The van der Waals surface area contributed by atoms with Crippen LogP contribution < -0.4 is 43.8 Å². The number of fused-ring (bicyclic) bond motifs is 1. The molecule has 2 aromatic carbocycles. The van der Waals surface area contributed by atoms with Gasteiger partial charge < -0.3 is 69.0 Å². The highest BCUT2D eigenvalue weighted by molar-refractivity contribution is 5.98. The van der Waals surface area contributed by atoms with Gasteiger partial charge in [0.05, 0.1) is 12.5 Å². The summed E-state index contributed by atoms with van der Waals surface area (Å²) in [6, 6.07) is 2.98. The number of aliphatic carboxylic acids is 1. The first-order valence-corrected chi connectivity index (χ1v) is 21.6. The van der Waals surface area contributed by atoms with Crippen LogP contribution in [0.4, 0.5) is 0 Å². The molecule has 0 aliphatic carbocycles. The van der Waals surface area contributed by atoms with E-state index < -0.39 is 120 Å². The highest BCUT2D eigenvalue weighted by Crippen LogP contribution is 2.22. The van der Waals surface area contributed by atoms with Crippen molar-refractivity contribution in [2.75, 3.05) is 6.54 Å². The van der Waals surface area contributed by atoms with Crippen LogP contribution in [-0.2, 0) is 56.0 Å². The van der Waals surface area contributed by atoms with Gasteiger partial charge in [-0.2, -0.15) is 0 Å². The number of aliphatic hydroxyl groups excluding tert-OH is 1. The maximum atomic E-state index is 14.3. The number of aromatic amines is 1. The number of phenols is 1. The summed E-state index contributed by atoms with van der Waals surface area (Å²) in [5, 5.41) is 42.5. The van der Waals surface area contributed by atoms with Gasteiger partial charge in [0, 0.05) is 42.9 Å². The van der Waals surface area contributed by atoms with E-state index in [9.17, 15) is 58.5 Å². The van der Waals surface area contributed by atoms with E-state index >= 15 is 0 Å². The number of likely N-dealkylation sites (tertiary alicyclic amines) is 1. The van der Waals surface area contributed by atoms with Gasteiger partial charge in [-0.25, -0.2) is 0 Å². The summed E-state index contributed by atoms with van der Waals surface area (Å²) in [5.41, 5.74) is 18.5. The molecule has 4 rings (SSSR count). The van der Waals surface area contributed by atoms with Crippen molar-refractivity contribution in [3.05, 3.63) is 65.9 Å². The fourth-order valence-corrected chi connectivity index (χ4v) is 7.51. The summed E-state index contributed by atoms with van der Waals surface area (Å²) in [6.45, 7) is 4.83. The molecule has 1 aliphatic heterocycles. The number of phenolic OH excluding ortho intramolecular Hbond substituents is 1. The standard InChI is InChI=1S/C44H60N10O12/c1-4-22(2)37(43(65)52-32(18-24-11-13-26(56)14-12-24)44(66)54-17-7-10-33(54)38(47)60)53-39(61)29(15-16-34(45)57)49-40(62)30(19-25-21-48-28-9-6-5-8-27(25)28)50-41(63)31(20-35(58)59)51-42(64)36(46)23(3)55/h5-6,8-9,11-14,21-23,29-33,36-37,48,55-56H,4,7,10,15-20,46H2,1-3H3,(H2,45,57)(H2,47,60)(H,49,62)(H,50,63)(H,51,64)(H,52,65)(H,53,61)(H,58,59)/t22-,23+,29-,30-,31-,32-,33-,36-,37-/m0/s1. The number of amides is 8. The minimum absolute atomic E-state index is 0.0341. The Morgan fingerprint density at radius 2 is 1.39 bits per heavy atom. The molecule has 3 aromatic rings. The fraction of sp³-hybridized carbons (Fsp3) is 0.477. The largest absolute Gasteiger partial charge is 0.508 e. The van der Waals surface area contributed by atoms with Gasteiger partial charge in [0.1, 0.15) is 48.0 Å². The Labute approximate surface area is 380 Å². The molecule has 66 heavy (non-hydrogen) atoms. The number of hydrogen-bond acceptors (Lipinski definition) is 12. The zero-order valence-corrected chi connectivity index (χ0v) is 37.0. The van der Waals surface area contributed by atoms with E-state index in [0.717, 1.165) is 0 Å². The van der Waals surface area contributed by atoms with Crippen LogP contribution in [0, 0.1) is 5.92 Å². The van der Waals surface area contributed by atoms with Crippen molar-refractivity contribution in [2.45, 2.75) is 121 Å². The first kappa shape index (κ1) is 51.6. The molecule has 9 atom stereocenters. The van der Waals surface area contributed by atoms with Crippen LogP contribution in [0.25, 0.3) is 10.9 Å². The number of nitrogens with zero attached hydrogens (tertiary/aromatic N) is 1. The van der Waals surface area contributed by atoms with E-state index in [2.05, 4.69) is 31.6 Å². The van der Waals surface area contributed by atoms with E-state index in [0.29, 0.717) is 41.3 Å². The number of aromatic hydroxyl groups is 1. The summed E-state index contributed by atoms with van der Waals surface area (Å²) in [5.74, 6) is -9.16. The number of carbonyl (C=O) groups excluding carboxylic acids is 8. The Morgan fingerprint density at radius 3 is 2.02 bits per heavy atom. The van der Waals surface area contributed by atoms with E-state index in [4.69, 9.17) is 17.2 Å². The minimum Gasteiger partial charge on any atom is -0.508 e. The SMILES string of the molecule is CC[C@H](C)[C@H](NC(=O)[C@H](CCC(N)=O)NC(=O)[C@H](Cc1c[nH]c2ccccc12)NC(=O)[C@H](CC(=O)O)NC(=O)[C@@H](N)[C@@H](C)O)C(=O)N[C@@H](Cc1ccc(O)cc1)C(=O)N1CCC[C@H]1C(N)=O. The van der Waals surface area contributed by atoms with Gasteiger partial charge in [0.2, 0.25) is 47.3 Å². The molecule has 22 nitrogen and oxygen atoms in total. The van der Waals surface area contributed by atoms with Crippen molar-refractivity contribution in [3.8, 4) is 5.75 Å². The van der Waals surface area contributed by atoms with Gasteiger partial charge in [0.25, 0.3) is 0 Å². The number of aliphatic hydroxyl groups is 1. The van der Waals surface area contributed by atoms with Gasteiger partial charge >= 0.3 is 5.97 Å². The van der Waals surface area contributed by atoms with Crippen molar-refractivity contribution >= 4 is 64.1 Å². The second kappa shape index (κ2) is 23.7. The van der Waals surface area contributed by atoms with Crippen LogP contribution in [-0.4, -0.2) is 133 Å². The number of nitrogens with one attached hydrogen (secondary N) is 6. The molecule has 0 spiro atoms. The number of carbonyl (C=O) groups is 9. The average molecular weight is 921 g/mol. The van der Waals surface area contributed by atoms with Crippen molar-refractivity contribution in [1.29, 1.82) is 0 Å². The number of carboxylic acid groups (broad SMARTS) is 1. The Balaban J connectivity index is 1.64. The first-order chi connectivity index (χ1) is 31.2. The summed E-state index contributed by atoms with van der Waals surface area (Å²) in [6.07, 6.45) is -0.688. The number of nitrogens with two attached hydrogens (primary N) is 3. The van der Waals surface area contributed by atoms with Gasteiger partial charge in [-0.3, -0.25) is 43.2 Å².